The topological polar surface area (TPSA) is 33.1 Å². The average Bonchev–Trinajstić information content (AvgIpc) is 2.05. The minimum atomic E-state index is -2.10. The van der Waals surface area contributed by atoms with E-state index in [1.165, 1.54) is 18.5 Å². The van der Waals surface area contributed by atoms with E-state index < -0.39 is 6.56 Å². The normalized spacial score (nSPS) is 15.9. The molecule has 9 heavy (non-hydrogen) atoms. The van der Waals surface area contributed by atoms with Crippen molar-refractivity contribution in [1.82, 2.24) is 4.98 Å². The molecule has 0 saturated heterocycles. The molecule has 0 aliphatic carbocycles. The zero-order valence-electron chi connectivity index (χ0n) is 7.47. The second-order valence-corrected chi connectivity index (χ2v) is 2.41. The van der Waals surface area contributed by atoms with Crippen molar-refractivity contribution in [1.29, 1.82) is 1.43 Å². The van der Waals surface area contributed by atoms with Crippen LogP contribution < -0.4 is 0 Å². The SMILES string of the molecule is [2H]OC([2H])([2H])c1cncc(Br)c1. The molecule has 0 bridgehead atoms. The van der Waals surface area contributed by atoms with Gasteiger partial charge in [-0.05, 0) is 27.6 Å². The molecule has 0 fully saturated rings. The van der Waals surface area contributed by atoms with Gasteiger partial charge in [0.25, 0.3) is 0 Å². The first kappa shape index (κ1) is 3.68. The van der Waals surface area contributed by atoms with Gasteiger partial charge in [0, 0.05) is 16.9 Å². The summed E-state index contributed by atoms with van der Waals surface area (Å²) in [5.41, 5.74) is 0.215. The summed E-state index contributed by atoms with van der Waals surface area (Å²) in [7, 11) is 0. The van der Waals surface area contributed by atoms with Gasteiger partial charge in [-0.2, -0.15) is 0 Å². The highest BCUT2D eigenvalue weighted by Gasteiger charge is 1.89. The molecule has 0 aliphatic heterocycles. The molecule has 0 aliphatic rings. The van der Waals surface area contributed by atoms with Crippen molar-refractivity contribution in [2.45, 2.75) is 6.56 Å². The van der Waals surface area contributed by atoms with Crippen LogP contribution in [0.25, 0.3) is 0 Å². The van der Waals surface area contributed by atoms with Crippen molar-refractivity contribution in [3.63, 3.8) is 0 Å². The quantitative estimate of drug-likeness (QED) is 0.764. The Kier molecular flexibility index (Phi) is 1.20. The van der Waals surface area contributed by atoms with E-state index in [1.54, 1.807) is 0 Å². The van der Waals surface area contributed by atoms with Gasteiger partial charge < -0.3 is 5.11 Å². The molecule has 1 rings (SSSR count). The van der Waals surface area contributed by atoms with Gasteiger partial charge in [-0.25, -0.2) is 0 Å². The fourth-order valence-electron chi connectivity index (χ4n) is 0.468. The lowest BCUT2D eigenvalue weighted by Gasteiger charge is -1.92. The Bertz CT molecular complexity index is 281. The van der Waals surface area contributed by atoms with Gasteiger partial charge in [0.2, 0.25) is 1.43 Å². The minimum absolute atomic E-state index is 0.215. The minimum Gasteiger partial charge on any atom is -0.392 e. The third-order valence-electron chi connectivity index (χ3n) is 0.823. The predicted molar refractivity (Wildman–Crippen MR) is 37.9 cm³/mol. The summed E-state index contributed by atoms with van der Waals surface area (Å²) in [6.07, 6.45) is 2.85. The number of aromatic nitrogens is 1. The smallest absolute Gasteiger partial charge is 0.211 e. The van der Waals surface area contributed by atoms with Gasteiger partial charge >= 0.3 is 0 Å². The fourth-order valence-corrected chi connectivity index (χ4v) is 0.833. The van der Waals surface area contributed by atoms with Crippen molar-refractivity contribution in [2.24, 2.45) is 0 Å². The molecule has 1 heterocycles. The van der Waals surface area contributed by atoms with Crippen LogP contribution in [-0.2, 0) is 6.56 Å². The van der Waals surface area contributed by atoms with E-state index in [0.717, 1.165) is 0 Å². The van der Waals surface area contributed by atoms with Crippen LogP contribution >= 0.6 is 15.9 Å². The maximum absolute atomic E-state index is 7.21. The number of pyridine rings is 1. The Morgan fingerprint density at radius 1 is 1.89 bits per heavy atom. The molecule has 0 amide bonds. The van der Waals surface area contributed by atoms with Gasteiger partial charge in [0.1, 0.15) is 0 Å². The van der Waals surface area contributed by atoms with Crippen LogP contribution in [0, 0.1) is 0 Å². The van der Waals surface area contributed by atoms with Crippen LogP contribution in [0.2, 0.25) is 0 Å². The van der Waals surface area contributed by atoms with E-state index >= 15 is 0 Å². The molecule has 2 nitrogen and oxygen atoms in total. The summed E-state index contributed by atoms with van der Waals surface area (Å²) in [4.78, 5) is 3.75. The fraction of sp³-hybridized carbons (Fsp3) is 0.167. The number of halogens is 1. The zero-order chi connectivity index (χ0) is 9.19. The van der Waals surface area contributed by atoms with Crippen LogP contribution in [0.4, 0.5) is 0 Å². The summed E-state index contributed by atoms with van der Waals surface area (Å²) < 4.78 is 21.6. The summed E-state index contributed by atoms with van der Waals surface area (Å²) in [6, 6.07) is 1.52. The molecule has 0 unspecified atom stereocenters. The molecule has 0 radical (unpaired) electrons. The number of hydrogen-bond acceptors (Lipinski definition) is 2. The van der Waals surface area contributed by atoms with Crippen LogP contribution in [0.15, 0.2) is 22.9 Å². The largest absolute Gasteiger partial charge is 0.392 e. The van der Waals surface area contributed by atoms with E-state index in [-0.39, 0.29) is 5.56 Å². The lowest BCUT2D eigenvalue weighted by molar-refractivity contribution is 0.281. The van der Waals surface area contributed by atoms with Crippen molar-refractivity contribution in [2.75, 3.05) is 0 Å². The van der Waals surface area contributed by atoms with Crippen LogP contribution in [-0.4, -0.2) is 11.5 Å². The highest BCUT2D eigenvalue weighted by atomic mass is 79.9. The summed E-state index contributed by atoms with van der Waals surface area (Å²) >= 11 is 3.14. The van der Waals surface area contributed by atoms with Crippen LogP contribution in [0.5, 0.6) is 0 Å². The van der Waals surface area contributed by atoms with E-state index in [0.29, 0.717) is 4.47 Å². The lowest BCUT2D eigenvalue weighted by atomic mass is 10.3. The third-order valence-corrected chi connectivity index (χ3v) is 1.26. The van der Waals surface area contributed by atoms with Crippen LogP contribution in [0.1, 0.15) is 8.30 Å². The monoisotopic (exact) mass is 190 g/mol. The Morgan fingerprint density at radius 2 is 2.78 bits per heavy atom. The highest BCUT2D eigenvalue weighted by Crippen LogP contribution is 2.08. The van der Waals surface area contributed by atoms with Gasteiger partial charge in [0.05, 0.1) is 9.30 Å². The summed E-state index contributed by atoms with van der Waals surface area (Å²) in [5.74, 6) is 0. The number of nitrogens with zero attached hydrogens (tertiary/aromatic N) is 1. The standard InChI is InChI=1S/C6H6BrNO/c7-6-1-5(4-9)2-8-3-6/h1-3,9H,4H2/i4D2,9D. The molecule has 1 N–H and O–H groups in total. The van der Waals surface area contributed by atoms with Gasteiger partial charge in [-0.1, -0.05) is 0 Å². The molecule has 0 spiro atoms. The molecular formula is C6H6BrNO. The van der Waals surface area contributed by atoms with Crippen molar-refractivity contribution < 1.29 is 7.85 Å². The van der Waals surface area contributed by atoms with E-state index in [9.17, 15) is 0 Å². The maximum atomic E-state index is 7.21. The van der Waals surface area contributed by atoms with Crippen molar-refractivity contribution >= 4 is 15.9 Å². The van der Waals surface area contributed by atoms with Gasteiger partial charge in [-0.3, -0.25) is 4.98 Å². The second kappa shape index (κ2) is 2.94. The van der Waals surface area contributed by atoms with Gasteiger partial charge in [0.15, 0.2) is 0 Å². The molecule has 1 aromatic heterocycles. The molecule has 48 valence electrons. The van der Waals surface area contributed by atoms with Gasteiger partial charge in [-0.15, -0.1) is 0 Å². The first-order valence-corrected chi connectivity index (χ1v) is 3.11. The maximum Gasteiger partial charge on any atom is 0.211 e. The lowest BCUT2D eigenvalue weighted by Crippen LogP contribution is -1.83. The van der Waals surface area contributed by atoms with Crippen LogP contribution in [0.3, 0.4) is 0 Å². The molecule has 0 atom stereocenters. The Hall–Kier alpha value is -0.410. The number of aliphatic hydroxyl groups is 1. The number of hydrogen-bond donors (Lipinski definition) is 1. The van der Waals surface area contributed by atoms with E-state index in [1.807, 2.05) is 0 Å². The van der Waals surface area contributed by atoms with E-state index in [2.05, 4.69) is 26.0 Å². The average molecular weight is 191 g/mol. The molecule has 0 saturated carbocycles. The third kappa shape index (κ3) is 1.77. The Balaban J connectivity index is 3.03. The molecular weight excluding hydrogens is 182 g/mol. The predicted octanol–water partition coefficient (Wildman–Crippen LogP) is 1.34. The number of rotatable bonds is 2. The molecule has 1 aromatic rings. The van der Waals surface area contributed by atoms with Crippen molar-refractivity contribution in [3.05, 3.63) is 28.5 Å². The second-order valence-electron chi connectivity index (χ2n) is 1.49. The Morgan fingerprint density at radius 3 is 3.44 bits per heavy atom. The zero-order valence-corrected chi connectivity index (χ0v) is 6.05. The first-order valence-electron chi connectivity index (χ1n) is 3.72. The summed E-state index contributed by atoms with van der Waals surface area (Å²) in [5, 5.41) is 3.90. The highest BCUT2D eigenvalue weighted by molar-refractivity contribution is 9.10. The van der Waals surface area contributed by atoms with Crippen molar-refractivity contribution in [3.8, 4) is 0 Å². The summed E-state index contributed by atoms with van der Waals surface area (Å²) in [6.45, 7) is -2.10. The Labute approximate surface area is 66.0 Å². The van der Waals surface area contributed by atoms with E-state index in [4.69, 9.17) is 4.17 Å². The molecule has 3 heteroatoms. The first-order chi connectivity index (χ1) is 5.56. The molecule has 0 aromatic carbocycles.